The molecule has 1 atom stereocenters. The molecule has 7 nitrogen and oxygen atoms in total. The molecule has 0 bridgehead atoms. The second-order valence-corrected chi connectivity index (χ2v) is 8.90. The molecule has 2 aromatic rings. The van der Waals surface area contributed by atoms with Gasteiger partial charge in [-0.25, -0.2) is 0 Å². The highest BCUT2D eigenvalue weighted by Crippen LogP contribution is 2.16. The van der Waals surface area contributed by atoms with E-state index in [4.69, 9.17) is 0 Å². The zero-order valence-corrected chi connectivity index (χ0v) is 19.9. The van der Waals surface area contributed by atoms with Crippen LogP contribution >= 0.6 is 11.3 Å². The number of nitrogens with one attached hydrogen (secondary N) is 1. The van der Waals surface area contributed by atoms with Crippen LogP contribution in [0.4, 0.5) is 5.69 Å². The van der Waals surface area contributed by atoms with Gasteiger partial charge in [0.25, 0.3) is 5.91 Å². The van der Waals surface area contributed by atoms with Gasteiger partial charge in [0.1, 0.15) is 0 Å². The van der Waals surface area contributed by atoms with E-state index < -0.39 is 0 Å². The first-order valence-electron chi connectivity index (χ1n) is 11.1. The number of para-hydroxylation sites is 1. The highest BCUT2D eigenvalue weighted by molar-refractivity contribution is 7.08. The predicted molar refractivity (Wildman–Crippen MR) is 128 cm³/mol. The van der Waals surface area contributed by atoms with Crippen LogP contribution in [0.3, 0.4) is 0 Å². The number of hydrogen-bond acceptors (Lipinski definition) is 5. The number of amides is 3. The zero-order valence-electron chi connectivity index (χ0n) is 19.0. The first kappa shape index (κ1) is 23.9. The zero-order chi connectivity index (χ0) is 23.1. The standard InChI is InChI=1S/C24H32N4O3S/c1-4-19-8-5-6-9-21(19)25-22(29)16-26(3)23(30)18(2)27-11-7-12-28(14-13-27)24(31)20-10-15-32-17-20/h5-6,8-10,15,17-18H,4,7,11-14,16H2,1-3H3,(H,25,29). The first-order valence-corrected chi connectivity index (χ1v) is 12.0. The van der Waals surface area contributed by atoms with E-state index in [0.29, 0.717) is 19.6 Å². The molecule has 1 N–H and O–H groups in total. The van der Waals surface area contributed by atoms with Crippen LogP contribution in [0, 0.1) is 0 Å². The molecule has 0 aliphatic carbocycles. The maximum absolute atomic E-state index is 13.0. The Morgan fingerprint density at radius 2 is 1.91 bits per heavy atom. The van der Waals surface area contributed by atoms with E-state index in [1.165, 1.54) is 16.2 Å². The largest absolute Gasteiger partial charge is 0.337 e. The molecule has 1 aliphatic heterocycles. The third kappa shape index (κ3) is 5.95. The fourth-order valence-corrected chi connectivity index (χ4v) is 4.64. The molecule has 1 fully saturated rings. The van der Waals surface area contributed by atoms with Crippen LogP contribution < -0.4 is 5.32 Å². The molecule has 2 heterocycles. The highest BCUT2D eigenvalue weighted by Gasteiger charge is 2.28. The van der Waals surface area contributed by atoms with Crippen molar-refractivity contribution in [2.24, 2.45) is 0 Å². The summed E-state index contributed by atoms with van der Waals surface area (Å²) in [6, 6.07) is 9.19. The smallest absolute Gasteiger partial charge is 0.254 e. The molecule has 1 saturated heterocycles. The summed E-state index contributed by atoms with van der Waals surface area (Å²) in [4.78, 5) is 43.6. The molecule has 1 aromatic heterocycles. The van der Waals surface area contributed by atoms with Gasteiger partial charge in [-0.2, -0.15) is 11.3 Å². The maximum atomic E-state index is 13.0. The van der Waals surface area contributed by atoms with E-state index in [-0.39, 0.29) is 30.3 Å². The van der Waals surface area contributed by atoms with Gasteiger partial charge in [0.2, 0.25) is 11.8 Å². The molecular formula is C24H32N4O3S. The Hall–Kier alpha value is -2.71. The number of carbonyl (C=O) groups excluding carboxylic acids is 3. The molecular weight excluding hydrogens is 424 g/mol. The lowest BCUT2D eigenvalue weighted by Crippen LogP contribution is -2.48. The van der Waals surface area contributed by atoms with Gasteiger partial charge in [0.05, 0.1) is 18.2 Å². The number of anilines is 1. The lowest BCUT2D eigenvalue weighted by Gasteiger charge is -2.30. The average molecular weight is 457 g/mol. The van der Waals surface area contributed by atoms with Gasteiger partial charge < -0.3 is 15.1 Å². The van der Waals surface area contributed by atoms with E-state index in [1.54, 1.807) is 7.05 Å². The molecule has 32 heavy (non-hydrogen) atoms. The van der Waals surface area contributed by atoms with Crippen molar-refractivity contribution in [3.63, 3.8) is 0 Å². The van der Waals surface area contributed by atoms with Gasteiger partial charge in [0, 0.05) is 44.3 Å². The van der Waals surface area contributed by atoms with E-state index in [9.17, 15) is 14.4 Å². The first-order chi connectivity index (χ1) is 15.4. The van der Waals surface area contributed by atoms with E-state index in [1.807, 2.05) is 59.8 Å². The Morgan fingerprint density at radius 3 is 2.62 bits per heavy atom. The van der Waals surface area contributed by atoms with Crippen molar-refractivity contribution >= 4 is 34.7 Å². The van der Waals surface area contributed by atoms with Gasteiger partial charge in [-0.15, -0.1) is 0 Å². The minimum atomic E-state index is -0.355. The van der Waals surface area contributed by atoms with E-state index in [0.717, 1.165) is 36.2 Å². The molecule has 3 rings (SSSR count). The van der Waals surface area contributed by atoms with Crippen molar-refractivity contribution in [3.05, 3.63) is 52.2 Å². The summed E-state index contributed by atoms with van der Waals surface area (Å²) in [5.74, 6) is -0.257. The number of benzene rings is 1. The summed E-state index contributed by atoms with van der Waals surface area (Å²) < 4.78 is 0. The van der Waals surface area contributed by atoms with Crippen LogP contribution in [-0.4, -0.2) is 78.2 Å². The number of likely N-dealkylation sites (N-methyl/N-ethyl adjacent to an activating group) is 1. The molecule has 3 amide bonds. The highest BCUT2D eigenvalue weighted by atomic mass is 32.1. The molecule has 0 saturated carbocycles. The van der Waals surface area contributed by atoms with Crippen LogP contribution in [0.15, 0.2) is 41.1 Å². The van der Waals surface area contributed by atoms with Crippen molar-refractivity contribution in [1.82, 2.24) is 14.7 Å². The average Bonchev–Trinajstić information content (AvgIpc) is 3.22. The minimum Gasteiger partial charge on any atom is -0.337 e. The summed E-state index contributed by atoms with van der Waals surface area (Å²) in [6.45, 7) is 6.55. The van der Waals surface area contributed by atoms with Gasteiger partial charge in [0.15, 0.2) is 0 Å². The minimum absolute atomic E-state index is 0.00215. The van der Waals surface area contributed by atoms with Gasteiger partial charge in [-0.1, -0.05) is 25.1 Å². The number of hydrogen-bond donors (Lipinski definition) is 1. The van der Waals surface area contributed by atoms with Crippen molar-refractivity contribution in [1.29, 1.82) is 0 Å². The Kier molecular flexibility index (Phi) is 8.41. The summed E-state index contributed by atoms with van der Waals surface area (Å²) in [5.41, 5.74) is 2.58. The molecule has 0 spiro atoms. The van der Waals surface area contributed by atoms with E-state index in [2.05, 4.69) is 10.2 Å². The number of carbonyl (C=O) groups is 3. The topological polar surface area (TPSA) is 73.0 Å². The Morgan fingerprint density at radius 1 is 1.12 bits per heavy atom. The van der Waals surface area contributed by atoms with Crippen LogP contribution in [0.5, 0.6) is 0 Å². The van der Waals surface area contributed by atoms with Crippen molar-refractivity contribution < 1.29 is 14.4 Å². The van der Waals surface area contributed by atoms with Crippen LogP contribution in [0.2, 0.25) is 0 Å². The number of nitrogens with zero attached hydrogens (tertiary/aromatic N) is 3. The summed E-state index contributed by atoms with van der Waals surface area (Å²) in [6.07, 6.45) is 1.63. The van der Waals surface area contributed by atoms with Crippen molar-refractivity contribution in [2.75, 3.05) is 45.1 Å². The number of aryl methyl sites for hydroxylation is 1. The van der Waals surface area contributed by atoms with E-state index >= 15 is 0 Å². The monoisotopic (exact) mass is 456 g/mol. The van der Waals surface area contributed by atoms with Crippen molar-refractivity contribution in [2.45, 2.75) is 32.7 Å². The summed E-state index contributed by atoms with van der Waals surface area (Å²) in [5, 5.41) is 6.70. The SMILES string of the molecule is CCc1ccccc1NC(=O)CN(C)C(=O)C(C)N1CCCN(C(=O)c2ccsc2)CC1. The fraction of sp³-hybridized carbons (Fsp3) is 0.458. The van der Waals surface area contributed by atoms with Crippen molar-refractivity contribution in [3.8, 4) is 0 Å². The second kappa shape index (κ2) is 11.2. The quantitative estimate of drug-likeness (QED) is 0.695. The molecule has 1 aromatic carbocycles. The molecule has 172 valence electrons. The molecule has 1 aliphatic rings. The Bertz CT molecular complexity index is 931. The third-order valence-corrected chi connectivity index (χ3v) is 6.60. The fourth-order valence-electron chi connectivity index (χ4n) is 4.01. The van der Waals surface area contributed by atoms with Gasteiger partial charge >= 0.3 is 0 Å². The van der Waals surface area contributed by atoms with Gasteiger partial charge in [-0.05, 0) is 42.8 Å². The lowest BCUT2D eigenvalue weighted by molar-refractivity contribution is -0.137. The second-order valence-electron chi connectivity index (χ2n) is 8.12. The van der Waals surface area contributed by atoms with Crippen LogP contribution in [0.25, 0.3) is 0 Å². The molecule has 1 unspecified atom stereocenters. The Labute approximate surface area is 194 Å². The molecule has 0 radical (unpaired) electrons. The number of rotatable bonds is 7. The molecule has 8 heteroatoms. The maximum Gasteiger partial charge on any atom is 0.254 e. The Balaban J connectivity index is 1.52. The van der Waals surface area contributed by atoms with Crippen LogP contribution in [-0.2, 0) is 16.0 Å². The van der Waals surface area contributed by atoms with Gasteiger partial charge in [-0.3, -0.25) is 19.3 Å². The third-order valence-electron chi connectivity index (χ3n) is 5.92. The number of thiophene rings is 1. The van der Waals surface area contributed by atoms with Crippen LogP contribution in [0.1, 0.15) is 36.2 Å². The summed E-state index contributed by atoms with van der Waals surface area (Å²) in [7, 11) is 1.66. The normalized spacial score (nSPS) is 15.7. The predicted octanol–water partition coefficient (Wildman–Crippen LogP) is 2.94. The summed E-state index contributed by atoms with van der Waals surface area (Å²) >= 11 is 1.52. The lowest BCUT2D eigenvalue weighted by atomic mass is 10.1.